The van der Waals surface area contributed by atoms with Gasteiger partial charge in [-0.05, 0) is 12.1 Å². The Balaban J connectivity index is 2.29. The smallest absolute Gasteiger partial charge is 0.313 e. The van der Waals surface area contributed by atoms with Crippen LogP contribution in [-0.2, 0) is 20.9 Å². The number of imidazole rings is 1. The fraction of sp³-hybridized carbons (Fsp3) is 0.333. The van der Waals surface area contributed by atoms with Crippen molar-refractivity contribution in [2.24, 2.45) is 0 Å². The number of carboxylic acid groups (broad SMARTS) is 1. The number of fused-ring (bicyclic) bond motifs is 1. The number of hydrogen-bond acceptors (Lipinski definition) is 6. The molecule has 0 amide bonds. The number of carboxylic acids is 1. The molecule has 2 aromatic rings. The van der Waals surface area contributed by atoms with Crippen molar-refractivity contribution in [3.8, 4) is 0 Å². The van der Waals surface area contributed by atoms with Gasteiger partial charge in [-0.15, -0.1) is 0 Å². The van der Waals surface area contributed by atoms with Crippen LogP contribution in [0.3, 0.4) is 0 Å². The highest BCUT2D eigenvalue weighted by Gasteiger charge is 2.14. The fourth-order valence-corrected chi connectivity index (χ4v) is 2.43. The van der Waals surface area contributed by atoms with Gasteiger partial charge in [-0.1, -0.05) is 11.8 Å². The van der Waals surface area contributed by atoms with E-state index < -0.39 is 5.97 Å². The van der Waals surface area contributed by atoms with E-state index in [1.807, 2.05) is 0 Å². The number of ether oxygens (including phenoxy) is 1. The molecule has 0 atom stereocenters. The number of aryl methyl sites for hydroxylation is 1. The summed E-state index contributed by atoms with van der Waals surface area (Å²) in [6, 6.07) is 3.55. The Hall–Kier alpha value is -2.09. The van der Waals surface area contributed by atoms with Crippen LogP contribution < -0.4 is 0 Å². The van der Waals surface area contributed by atoms with Crippen molar-refractivity contribution >= 4 is 34.9 Å². The summed E-state index contributed by atoms with van der Waals surface area (Å²) in [7, 11) is 1.33. The molecule has 20 heavy (non-hydrogen) atoms. The third-order valence-electron chi connectivity index (χ3n) is 2.56. The average molecular weight is 295 g/mol. The van der Waals surface area contributed by atoms with E-state index in [1.54, 1.807) is 22.9 Å². The highest BCUT2D eigenvalue weighted by molar-refractivity contribution is 7.99. The molecule has 7 nitrogen and oxygen atoms in total. The third kappa shape index (κ3) is 3.27. The van der Waals surface area contributed by atoms with Crippen LogP contribution in [0.4, 0.5) is 0 Å². The summed E-state index contributed by atoms with van der Waals surface area (Å²) in [5, 5.41) is 9.28. The lowest BCUT2D eigenvalue weighted by atomic mass is 10.4. The zero-order valence-electron chi connectivity index (χ0n) is 10.8. The van der Waals surface area contributed by atoms with E-state index in [1.165, 1.54) is 7.11 Å². The van der Waals surface area contributed by atoms with Crippen molar-refractivity contribution < 1.29 is 19.4 Å². The maximum Gasteiger partial charge on any atom is 0.313 e. The first kappa shape index (κ1) is 14.3. The fourth-order valence-electron chi connectivity index (χ4n) is 1.68. The lowest BCUT2D eigenvalue weighted by Crippen LogP contribution is -2.09. The summed E-state index contributed by atoms with van der Waals surface area (Å²) in [5.74, 6) is -1.35. The minimum absolute atomic E-state index is 0.0957. The van der Waals surface area contributed by atoms with Gasteiger partial charge in [0, 0.05) is 12.7 Å². The van der Waals surface area contributed by atoms with Crippen LogP contribution in [0, 0.1) is 0 Å². The van der Waals surface area contributed by atoms with Crippen molar-refractivity contribution in [2.75, 3.05) is 12.9 Å². The van der Waals surface area contributed by atoms with E-state index in [9.17, 15) is 9.59 Å². The minimum Gasteiger partial charge on any atom is -0.481 e. The Morgan fingerprint density at radius 2 is 2.30 bits per heavy atom. The Kier molecular flexibility index (Phi) is 4.57. The quantitative estimate of drug-likeness (QED) is 0.631. The molecule has 0 aliphatic rings. The van der Waals surface area contributed by atoms with E-state index >= 15 is 0 Å². The predicted molar refractivity (Wildman–Crippen MR) is 72.5 cm³/mol. The number of hydrogen-bond donors (Lipinski definition) is 1. The molecule has 0 aromatic carbocycles. The van der Waals surface area contributed by atoms with E-state index in [2.05, 4.69) is 14.7 Å². The Labute approximate surface area is 119 Å². The Bertz CT molecular complexity index is 641. The molecule has 0 aliphatic heterocycles. The average Bonchev–Trinajstić information content (AvgIpc) is 2.80. The molecule has 0 saturated heterocycles. The number of methoxy groups -OCH3 is 1. The predicted octanol–water partition coefficient (Wildman–Crippen LogP) is 1.17. The Morgan fingerprint density at radius 1 is 1.50 bits per heavy atom. The van der Waals surface area contributed by atoms with Crippen molar-refractivity contribution in [1.29, 1.82) is 0 Å². The molecule has 0 radical (unpaired) electrons. The molecule has 2 heterocycles. The van der Waals surface area contributed by atoms with Gasteiger partial charge in [-0.25, -0.2) is 9.97 Å². The number of pyridine rings is 1. The van der Waals surface area contributed by atoms with Crippen molar-refractivity contribution in [3.63, 3.8) is 0 Å². The van der Waals surface area contributed by atoms with Gasteiger partial charge in [0.2, 0.25) is 0 Å². The normalized spacial score (nSPS) is 10.7. The summed E-state index contributed by atoms with van der Waals surface area (Å²) in [5.41, 5.74) is 1.30. The maximum absolute atomic E-state index is 11.2. The van der Waals surface area contributed by atoms with Crippen LogP contribution in [0.15, 0.2) is 23.5 Å². The van der Waals surface area contributed by atoms with Gasteiger partial charge in [-0.3, -0.25) is 9.59 Å². The lowest BCUT2D eigenvalue weighted by molar-refractivity contribution is -0.141. The van der Waals surface area contributed by atoms with E-state index in [-0.39, 0.29) is 18.1 Å². The lowest BCUT2D eigenvalue weighted by Gasteiger charge is -2.06. The largest absolute Gasteiger partial charge is 0.481 e. The molecule has 0 bridgehead atoms. The van der Waals surface area contributed by atoms with Crippen molar-refractivity contribution in [3.05, 3.63) is 18.3 Å². The highest BCUT2D eigenvalue weighted by atomic mass is 32.2. The van der Waals surface area contributed by atoms with Crippen LogP contribution >= 0.6 is 11.8 Å². The van der Waals surface area contributed by atoms with Crippen LogP contribution in [0.25, 0.3) is 11.2 Å². The maximum atomic E-state index is 11.2. The van der Waals surface area contributed by atoms with Crippen LogP contribution in [0.5, 0.6) is 0 Å². The summed E-state index contributed by atoms with van der Waals surface area (Å²) in [4.78, 5) is 30.5. The number of nitrogens with zero attached hydrogens (tertiary/aromatic N) is 3. The molecule has 0 fully saturated rings. The first-order chi connectivity index (χ1) is 9.61. The zero-order valence-corrected chi connectivity index (χ0v) is 11.6. The van der Waals surface area contributed by atoms with Crippen molar-refractivity contribution in [1.82, 2.24) is 14.5 Å². The summed E-state index contributed by atoms with van der Waals surface area (Å²) >= 11 is 1.10. The van der Waals surface area contributed by atoms with E-state index in [4.69, 9.17) is 5.11 Å². The number of carbonyl (C=O) groups is 2. The van der Waals surface area contributed by atoms with E-state index in [0.717, 1.165) is 11.8 Å². The third-order valence-corrected chi connectivity index (χ3v) is 3.52. The molecule has 0 aliphatic carbocycles. The topological polar surface area (TPSA) is 94.3 Å². The second kappa shape index (κ2) is 6.38. The first-order valence-electron chi connectivity index (χ1n) is 5.84. The van der Waals surface area contributed by atoms with Crippen LogP contribution in [0.2, 0.25) is 0 Å². The minimum atomic E-state index is -0.922. The van der Waals surface area contributed by atoms with Crippen LogP contribution in [0.1, 0.15) is 6.42 Å². The molecule has 1 N–H and O–H groups in total. The second-order valence-electron chi connectivity index (χ2n) is 3.90. The number of aromatic nitrogens is 3. The molecular weight excluding hydrogens is 282 g/mol. The highest BCUT2D eigenvalue weighted by Crippen LogP contribution is 2.23. The number of esters is 1. The summed E-state index contributed by atoms with van der Waals surface area (Å²) in [6.45, 7) is 0.349. The summed E-state index contributed by atoms with van der Waals surface area (Å²) in [6.07, 6.45) is 1.81. The zero-order chi connectivity index (χ0) is 14.5. The first-order valence-corrected chi connectivity index (χ1v) is 6.83. The van der Waals surface area contributed by atoms with Crippen molar-refractivity contribution in [2.45, 2.75) is 18.1 Å². The molecule has 2 aromatic heterocycles. The molecule has 8 heteroatoms. The monoisotopic (exact) mass is 295 g/mol. The van der Waals surface area contributed by atoms with Gasteiger partial charge in [-0.2, -0.15) is 0 Å². The van der Waals surface area contributed by atoms with Gasteiger partial charge < -0.3 is 14.4 Å². The van der Waals surface area contributed by atoms with Gasteiger partial charge >= 0.3 is 11.9 Å². The van der Waals surface area contributed by atoms with Gasteiger partial charge in [0.15, 0.2) is 10.8 Å². The standard InChI is InChI=1S/C12H13N3O4S/c1-19-10(18)4-6-15-11-8(3-2-5-13-11)14-12(15)20-7-9(16)17/h2-3,5H,4,6-7H2,1H3,(H,16,17). The molecule has 2 rings (SSSR count). The number of carbonyl (C=O) groups excluding carboxylic acids is 1. The van der Waals surface area contributed by atoms with Gasteiger partial charge in [0.05, 0.1) is 19.3 Å². The molecule has 0 saturated carbocycles. The number of aliphatic carboxylic acids is 1. The molecule has 106 valence electrons. The van der Waals surface area contributed by atoms with Gasteiger partial charge in [0.1, 0.15) is 5.52 Å². The number of thioether (sulfide) groups is 1. The van der Waals surface area contributed by atoms with Crippen LogP contribution in [-0.4, -0.2) is 44.4 Å². The Morgan fingerprint density at radius 3 is 3.00 bits per heavy atom. The second-order valence-corrected chi connectivity index (χ2v) is 4.84. The SMILES string of the molecule is COC(=O)CCn1c(SCC(=O)O)nc2cccnc21. The molecule has 0 spiro atoms. The number of rotatable bonds is 6. The molecule has 0 unspecified atom stereocenters. The summed E-state index contributed by atoms with van der Waals surface area (Å²) < 4.78 is 6.34. The van der Waals surface area contributed by atoms with E-state index in [0.29, 0.717) is 22.9 Å². The molecular formula is C12H13N3O4S. The van der Waals surface area contributed by atoms with Gasteiger partial charge in [0.25, 0.3) is 0 Å².